The Hall–Kier alpha value is -1.46. The summed E-state index contributed by atoms with van der Waals surface area (Å²) < 4.78 is 13.6. The third-order valence-corrected chi connectivity index (χ3v) is 3.03. The second-order valence-electron chi connectivity index (χ2n) is 4.43. The van der Waals surface area contributed by atoms with Crippen molar-refractivity contribution >= 4 is 5.91 Å². The van der Waals surface area contributed by atoms with Crippen LogP contribution >= 0.6 is 0 Å². The van der Waals surface area contributed by atoms with Gasteiger partial charge in [0, 0.05) is 23.7 Å². The minimum atomic E-state index is -0.402. The molecule has 5 heteroatoms. The molecular weight excluding hydrogens is 221 g/mol. The van der Waals surface area contributed by atoms with Crippen LogP contribution in [0.5, 0.6) is 0 Å². The van der Waals surface area contributed by atoms with E-state index in [4.69, 9.17) is 5.84 Å². The van der Waals surface area contributed by atoms with Crippen molar-refractivity contribution in [3.05, 3.63) is 35.1 Å². The summed E-state index contributed by atoms with van der Waals surface area (Å²) in [6, 6.07) is 4.84. The molecule has 2 rings (SSSR count). The molecule has 3 N–H and O–H groups in total. The Bertz CT molecular complexity index is 432. The summed E-state index contributed by atoms with van der Waals surface area (Å²) in [6.07, 6.45) is 2.34. The summed E-state index contributed by atoms with van der Waals surface area (Å²) in [5, 5.41) is 0. The van der Waals surface area contributed by atoms with E-state index >= 15 is 0 Å². The van der Waals surface area contributed by atoms with Crippen molar-refractivity contribution in [1.82, 2.24) is 10.3 Å². The van der Waals surface area contributed by atoms with Gasteiger partial charge in [-0.25, -0.2) is 10.2 Å². The largest absolute Gasteiger partial charge is 0.299 e. The number of nitrogens with two attached hydrogens (primary N) is 1. The third kappa shape index (κ3) is 2.81. The van der Waals surface area contributed by atoms with E-state index in [2.05, 4.69) is 4.90 Å². The molecule has 4 nitrogen and oxygen atoms in total. The van der Waals surface area contributed by atoms with Crippen molar-refractivity contribution in [2.75, 3.05) is 7.05 Å². The van der Waals surface area contributed by atoms with Gasteiger partial charge < -0.3 is 0 Å². The van der Waals surface area contributed by atoms with Gasteiger partial charge in [-0.1, -0.05) is 0 Å². The van der Waals surface area contributed by atoms with Crippen LogP contribution in [-0.2, 0) is 6.54 Å². The fourth-order valence-corrected chi connectivity index (χ4v) is 1.83. The van der Waals surface area contributed by atoms with Crippen LogP contribution in [0.4, 0.5) is 4.39 Å². The predicted molar refractivity (Wildman–Crippen MR) is 62.5 cm³/mol. The molecule has 0 heterocycles. The molecule has 0 atom stereocenters. The summed E-state index contributed by atoms with van der Waals surface area (Å²) in [4.78, 5) is 13.4. The molecule has 92 valence electrons. The number of nitrogens with one attached hydrogen (secondary N) is 1. The minimum Gasteiger partial charge on any atom is -0.299 e. The van der Waals surface area contributed by atoms with Crippen LogP contribution in [0.15, 0.2) is 18.2 Å². The van der Waals surface area contributed by atoms with Crippen LogP contribution < -0.4 is 11.3 Å². The van der Waals surface area contributed by atoms with Gasteiger partial charge in [-0.3, -0.25) is 15.1 Å². The lowest BCUT2D eigenvalue weighted by molar-refractivity contribution is 0.0953. The molecule has 1 fully saturated rings. The van der Waals surface area contributed by atoms with Crippen molar-refractivity contribution in [2.24, 2.45) is 5.84 Å². The molecule has 0 bridgehead atoms. The molecular formula is C12H16FN3O. The number of amides is 1. The molecule has 0 aromatic heterocycles. The van der Waals surface area contributed by atoms with E-state index < -0.39 is 5.91 Å². The predicted octanol–water partition coefficient (Wildman–Crippen LogP) is 1.02. The first-order valence-corrected chi connectivity index (χ1v) is 5.61. The summed E-state index contributed by atoms with van der Waals surface area (Å²) in [5.74, 6) is 4.36. The Balaban J connectivity index is 2.16. The number of benzene rings is 1. The van der Waals surface area contributed by atoms with Crippen LogP contribution in [0.25, 0.3) is 0 Å². The van der Waals surface area contributed by atoms with E-state index in [1.54, 1.807) is 6.07 Å². The van der Waals surface area contributed by atoms with Crippen LogP contribution in [0.2, 0.25) is 0 Å². The van der Waals surface area contributed by atoms with Crippen molar-refractivity contribution in [2.45, 2.75) is 25.4 Å². The van der Waals surface area contributed by atoms with Gasteiger partial charge >= 0.3 is 0 Å². The number of rotatable bonds is 4. The Morgan fingerprint density at radius 2 is 2.29 bits per heavy atom. The highest BCUT2D eigenvalue weighted by molar-refractivity contribution is 5.93. The van der Waals surface area contributed by atoms with Crippen molar-refractivity contribution in [1.29, 1.82) is 0 Å². The Labute approximate surface area is 99.6 Å². The highest BCUT2D eigenvalue weighted by Crippen LogP contribution is 2.27. The molecule has 0 spiro atoms. The molecule has 1 aromatic carbocycles. The zero-order chi connectivity index (χ0) is 12.4. The maximum atomic E-state index is 13.6. The zero-order valence-corrected chi connectivity index (χ0v) is 9.74. The molecule has 0 unspecified atom stereocenters. The number of nitrogens with zero attached hydrogens (tertiary/aromatic N) is 1. The Morgan fingerprint density at radius 1 is 1.59 bits per heavy atom. The van der Waals surface area contributed by atoms with Crippen LogP contribution in [0.1, 0.15) is 28.8 Å². The molecule has 17 heavy (non-hydrogen) atoms. The summed E-state index contributed by atoms with van der Waals surface area (Å²) in [6.45, 7) is 0.516. The Kier molecular flexibility index (Phi) is 3.40. The number of hydrogen-bond acceptors (Lipinski definition) is 3. The summed E-state index contributed by atoms with van der Waals surface area (Å²) >= 11 is 0. The molecule has 1 saturated carbocycles. The van der Waals surface area contributed by atoms with Gasteiger partial charge in [-0.05, 0) is 38.1 Å². The fourth-order valence-electron chi connectivity index (χ4n) is 1.83. The molecule has 1 aliphatic rings. The monoisotopic (exact) mass is 237 g/mol. The lowest BCUT2D eigenvalue weighted by Crippen LogP contribution is -2.30. The lowest BCUT2D eigenvalue weighted by atomic mass is 10.1. The number of carbonyl (C=O) groups excluding carboxylic acids is 1. The highest BCUT2D eigenvalue weighted by Gasteiger charge is 2.26. The van der Waals surface area contributed by atoms with E-state index in [1.165, 1.54) is 25.0 Å². The summed E-state index contributed by atoms with van der Waals surface area (Å²) in [5.41, 5.74) is 2.95. The minimum absolute atomic E-state index is 0.286. The van der Waals surface area contributed by atoms with Crippen molar-refractivity contribution in [3.63, 3.8) is 0 Å². The number of hydrazine groups is 1. The van der Waals surface area contributed by atoms with Gasteiger partial charge in [0.05, 0.1) is 0 Å². The molecule has 0 aliphatic heterocycles. The zero-order valence-electron chi connectivity index (χ0n) is 9.74. The summed E-state index contributed by atoms with van der Waals surface area (Å²) in [7, 11) is 1.97. The van der Waals surface area contributed by atoms with Crippen molar-refractivity contribution < 1.29 is 9.18 Å². The first-order chi connectivity index (χ1) is 8.11. The molecule has 1 aliphatic carbocycles. The number of nitrogen functional groups attached to an aromatic ring is 1. The maximum absolute atomic E-state index is 13.6. The van der Waals surface area contributed by atoms with Crippen LogP contribution in [0, 0.1) is 5.82 Å². The number of hydrogen-bond donors (Lipinski definition) is 2. The average molecular weight is 237 g/mol. The second kappa shape index (κ2) is 4.81. The van der Waals surface area contributed by atoms with Gasteiger partial charge in [0.15, 0.2) is 0 Å². The number of carbonyl (C=O) groups is 1. The van der Waals surface area contributed by atoms with E-state index in [0.29, 0.717) is 23.7 Å². The molecule has 1 amide bonds. The van der Waals surface area contributed by atoms with E-state index in [1.807, 2.05) is 12.5 Å². The van der Waals surface area contributed by atoms with Gasteiger partial charge in [0.1, 0.15) is 5.82 Å². The maximum Gasteiger partial charge on any atom is 0.265 e. The van der Waals surface area contributed by atoms with Gasteiger partial charge in [0.25, 0.3) is 5.91 Å². The smallest absolute Gasteiger partial charge is 0.265 e. The van der Waals surface area contributed by atoms with E-state index in [0.717, 1.165) is 0 Å². The highest BCUT2D eigenvalue weighted by atomic mass is 19.1. The first kappa shape index (κ1) is 12.0. The quantitative estimate of drug-likeness (QED) is 0.467. The van der Waals surface area contributed by atoms with E-state index in [9.17, 15) is 9.18 Å². The fraction of sp³-hybridized carbons (Fsp3) is 0.417. The molecule has 1 aromatic rings. The lowest BCUT2D eigenvalue weighted by Gasteiger charge is -2.16. The van der Waals surface area contributed by atoms with Gasteiger partial charge in [-0.15, -0.1) is 0 Å². The Morgan fingerprint density at radius 3 is 2.88 bits per heavy atom. The van der Waals surface area contributed by atoms with Crippen molar-refractivity contribution in [3.8, 4) is 0 Å². The van der Waals surface area contributed by atoms with Gasteiger partial charge in [-0.2, -0.15) is 0 Å². The topological polar surface area (TPSA) is 58.4 Å². The first-order valence-electron chi connectivity index (χ1n) is 5.61. The van der Waals surface area contributed by atoms with Gasteiger partial charge in [0.2, 0.25) is 0 Å². The van der Waals surface area contributed by atoms with E-state index in [-0.39, 0.29) is 5.82 Å². The standard InChI is InChI=1S/C12H16FN3O/c1-16(10-3-4-10)7-9-6-8(12(17)15-14)2-5-11(9)13/h2,5-6,10H,3-4,7,14H2,1H3,(H,15,17). The third-order valence-electron chi connectivity index (χ3n) is 3.03. The SMILES string of the molecule is CN(Cc1cc(C(=O)NN)ccc1F)C1CC1. The average Bonchev–Trinajstić information content (AvgIpc) is 3.14. The second-order valence-corrected chi connectivity index (χ2v) is 4.43. The van der Waals surface area contributed by atoms with Crippen LogP contribution in [0.3, 0.4) is 0 Å². The molecule has 0 saturated heterocycles. The number of halogens is 1. The normalized spacial score (nSPS) is 15.1. The van der Waals surface area contributed by atoms with Crippen LogP contribution in [-0.4, -0.2) is 23.9 Å². The molecule has 0 radical (unpaired) electrons.